The van der Waals surface area contributed by atoms with Gasteiger partial charge in [-0.05, 0) is 44.9 Å². The van der Waals surface area contributed by atoms with Gasteiger partial charge in [-0.25, -0.2) is 4.79 Å². The van der Waals surface area contributed by atoms with Crippen molar-refractivity contribution in [2.75, 3.05) is 26.4 Å². The molecular weight excluding hydrogens is 1410 g/mol. The third-order valence-electron chi connectivity index (χ3n) is 22.6. The predicted molar refractivity (Wildman–Crippen MR) is 431 cm³/mol. The van der Waals surface area contributed by atoms with E-state index in [4.69, 9.17) is 28.4 Å². The predicted octanol–water partition coefficient (Wildman–Crippen LogP) is 13.9. The highest BCUT2D eigenvalue weighted by molar-refractivity contribution is 5.77. The van der Waals surface area contributed by atoms with Crippen LogP contribution in [0.3, 0.4) is 0 Å². The maximum absolute atomic E-state index is 13.6. The minimum atomic E-state index is -3.08. The van der Waals surface area contributed by atoms with Crippen LogP contribution in [-0.2, 0) is 42.8 Å². The minimum Gasteiger partial charge on any atom is -0.477 e. The van der Waals surface area contributed by atoms with E-state index in [0.29, 0.717) is 12.8 Å². The molecule has 0 radical (unpaired) electrons. The summed E-state index contributed by atoms with van der Waals surface area (Å²) in [5, 5.41) is 137. The second-order valence-electron chi connectivity index (χ2n) is 32.5. The Morgan fingerprint density at radius 2 is 0.855 bits per heavy atom. The third kappa shape index (κ3) is 44.0. The summed E-state index contributed by atoms with van der Waals surface area (Å²) in [7, 11) is 0. The first kappa shape index (κ1) is 101. The molecule has 23 heteroatoms. The molecule has 3 saturated heterocycles. The minimum absolute atomic E-state index is 0.204. The SMILES string of the molecule is CCCCCCCCCCCCCCCCCC/C=C\CCCCCCCCCCCCCCCCCCCC(=O)NC(COC1OC(CO)C(OC2OC(CO)C(O)C(OC3(C(=O)O)CC(O)C(NC(C)=O)C(C(O)C(O)CO)O3)C2O)C(O)C1O)C(O)/C=C/CCCCCCCCCCCCCCCCCCC. The Hall–Kier alpha value is -2.79. The van der Waals surface area contributed by atoms with Gasteiger partial charge < -0.3 is 100 Å². The molecule has 14 N–H and O–H groups in total. The van der Waals surface area contributed by atoms with Crippen LogP contribution in [0.4, 0.5) is 0 Å². The van der Waals surface area contributed by atoms with Gasteiger partial charge in [-0.1, -0.05) is 334 Å². The Morgan fingerprint density at radius 3 is 1.24 bits per heavy atom. The van der Waals surface area contributed by atoms with E-state index in [0.717, 1.165) is 51.9 Å². The highest BCUT2D eigenvalue weighted by Gasteiger charge is 2.60. The number of ether oxygens (including phenoxy) is 6. The number of rotatable bonds is 72. The largest absolute Gasteiger partial charge is 0.477 e. The molecule has 18 atom stereocenters. The van der Waals surface area contributed by atoms with Gasteiger partial charge in [0.1, 0.15) is 67.1 Å². The number of carbonyl (C=O) groups excluding carboxylic acids is 2. The number of aliphatic carboxylic acids is 1. The first-order chi connectivity index (χ1) is 53.4. The number of allylic oxidation sites excluding steroid dienone is 3. The zero-order chi connectivity index (χ0) is 80.3. The maximum atomic E-state index is 13.6. The Morgan fingerprint density at radius 1 is 0.473 bits per heavy atom. The van der Waals surface area contributed by atoms with Crippen molar-refractivity contribution in [3.05, 3.63) is 24.3 Å². The van der Waals surface area contributed by atoms with Crippen LogP contribution in [0.15, 0.2) is 24.3 Å². The van der Waals surface area contributed by atoms with Crippen LogP contribution in [-0.4, -0.2) is 215 Å². The third-order valence-corrected chi connectivity index (χ3v) is 22.6. The Balaban J connectivity index is 1.42. The zero-order valence-corrected chi connectivity index (χ0v) is 68.9. The molecule has 0 aliphatic carbocycles. The molecule has 3 fully saturated rings. The van der Waals surface area contributed by atoms with Crippen LogP contribution in [0.25, 0.3) is 0 Å². The van der Waals surface area contributed by atoms with Crippen LogP contribution >= 0.6 is 0 Å². The van der Waals surface area contributed by atoms with Gasteiger partial charge in [-0.2, -0.15) is 0 Å². The Kier molecular flexibility index (Phi) is 60.2. The molecule has 2 amide bonds. The van der Waals surface area contributed by atoms with Crippen molar-refractivity contribution in [2.45, 2.75) is 484 Å². The second-order valence-corrected chi connectivity index (χ2v) is 32.5. The molecule has 3 aliphatic rings. The van der Waals surface area contributed by atoms with Crippen LogP contribution in [0.5, 0.6) is 0 Å². The van der Waals surface area contributed by atoms with Gasteiger partial charge in [0.05, 0.1) is 50.7 Å². The summed E-state index contributed by atoms with van der Waals surface area (Å²) in [5.41, 5.74) is 0. The quantitative estimate of drug-likeness (QED) is 0.0199. The number of hydrogen-bond acceptors (Lipinski definition) is 20. The van der Waals surface area contributed by atoms with E-state index in [1.165, 1.54) is 283 Å². The lowest BCUT2D eigenvalue weighted by molar-refractivity contribution is -0.386. The van der Waals surface area contributed by atoms with Gasteiger partial charge in [0.15, 0.2) is 12.6 Å². The van der Waals surface area contributed by atoms with Gasteiger partial charge in [0.25, 0.3) is 5.79 Å². The fourth-order valence-corrected chi connectivity index (χ4v) is 15.6. The van der Waals surface area contributed by atoms with Crippen molar-refractivity contribution in [1.29, 1.82) is 0 Å². The number of carboxylic acids is 1. The van der Waals surface area contributed by atoms with Crippen LogP contribution in [0.2, 0.25) is 0 Å². The Labute approximate surface area is 664 Å². The van der Waals surface area contributed by atoms with Crippen molar-refractivity contribution in [3.63, 3.8) is 0 Å². The van der Waals surface area contributed by atoms with Crippen molar-refractivity contribution < 1.29 is 104 Å². The molecule has 0 spiro atoms. The second kappa shape index (κ2) is 65.3. The van der Waals surface area contributed by atoms with E-state index in [1.54, 1.807) is 6.08 Å². The standard InChI is InChI=1S/C87H162N2O21/c1-4-6-8-10-12-14-16-18-20-22-24-25-26-27-28-29-30-31-32-33-34-35-36-37-38-39-40-41-43-45-47-49-51-53-55-57-59-61-74(97)89-68(69(94)60-58-56-54-52-50-48-46-44-42-23-21-19-17-15-13-11-9-7-5-2)66-105-84-79(101)78(100)81(73(65-92)107-84)108-85-80(102)83(77(99)72(64-91)106-85)110-87(86(103)104)62-70(95)75(88-67(3)93)82(109-87)76(98)71(96)63-90/h31-32,58,60,68-73,75-85,90-92,94-96,98-102H,4-30,33-57,59,61-66H2,1-3H3,(H,88,93)(H,89,97)(H,103,104)/b32-31-,60-58+. The fourth-order valence-electron chi connectivity index (χ4n) is 15.6. The molecule has 646 valence electrons. The normalized spacial score (nSPS) is 25.7. The molecule has 0 bridgehead atoms. The van der Waals surface area contributed by atoms with Gasteiger partial charge in [-0.15, -0.1) is 0 Å². The summed E-state index contributed by atoms with van der Waals surface area (Å²) in [4.78, 5) is 38.7. The Bertz CT molecular complexity index is 2270. The average molecular weight is 1570 g/mol. The van der Waals surface area contributed by atoms with E-state index in [2.05, 4.69) is 36.6 Å². The van der Waals surface area contributed by atoms with Crippen molar-refractivity contribution in [2.24, 2.45) is 0 Å². The van der Waals surface area contributed by atoms with Crippen molar-refractivity contribution in [3.8, 4) is 0 Å². The zero-order valence-electron chi connectivity index (χ0n) is 68.9. The van der Waals surface area contributed by atoms with E-state index in [9.17, 15) is 75.7 Å². The van der Waals surface area contributed by atoms with Crippen LogP contribution < -0.4 is 10.6 Å². The van der Waals surface area contributed by atoms with Gasteiger partial charge in [-0.3, -0.25) is 9.59 Å². The number of amides is 2. The van der Waals surface area contributed by atoms with E-state index in [-0.39, 0.29) is 12.3 Å². The molecule has 3 heterocycles. The van der Waals surface area contributed by atoms with Crippen molar-refractivity contribution in [1.82, 2.24) is 10.6 Å². The van der Waals surface area contributed by atoms with E-state index < -0.39 is 155 Å². The lowest BCUT2D eigenvalue weighted by Crippen LogP contribution is -2.70. The number of aliphatic hydroxyl groups is 11. The monoisotopic (exact) mass is 1570 g/mol. The number of hydrogen-bond donors (Lipinski definition) is 14. The summed E-state index contributed by atoms with van der Waals surface area (Å²) >= 11 is 0. The molecule has 0 aromatic carbocycles. The lowest BCUT2D eigenvalue weighted by atomic mass is 9.88. The summed E-state index contributed by atoms with van der Waals surface area (Å²) in [6, 6.07) is -2.62. The molecule has 110 heavy (non-hydrogen) atoms. The number of carboxylic acid groups (broad SMARTS) is 1. The van der Waals surface area contributed by atoms with E-state index in [1.807, 2.05) is 6.08 Å². The average Bonchev–Trinajstić information content (AvgIpc) is 0.753. The molecule has 0 aromatic rings. The van der Waals surface area contributed by atoms with E-state index >= 15 is 0 Å². The lowest BCUT2D eigenvalue weighted by Gasteiger charge is -2.50. The maximum Gasteiger partial charge on any atom is 0.364 e. The smallest absolute Gasteiger partial charge is 0.364 e. The number of aliphatic hydroxyl groups excluding tert-OH is 11. The first-order valence-electron chi connectivity index (χ1n) is 44.7. The molecule has 18 unspecified atom stereocenters. The summed E-state index contributed by atoms with van der Waals surface area (Å²) in [6.07, 6.45) is 46.7. The summed E-state index contributed by atoms with van der Waals surface area (Å²) < 4.78 is 35.0. The number of nitrogens with one attached hydrogen (secondary N) is 2. The topological polar surface area (TPSA) is 373 Å². The van der Waals surface area contributed by atoms with Crippen LogP contribution in [0, 0.1) is 0 Å². The van der Waals surface area contributed by atoms with Gasteiger partial charge in [0.2, 0.25) is 11.8 Å². The summed E-state index contributed by atoms with van der Waals surface area (Å²) in [5.74, 6) is -6.13. The number of unbranched alkanes of at least 4 members (excludes halogenated alkanes) is 50. The summed E-state index contributed by atoms with van der Waals surface area (Å²) in [6.45, 7) is 2.20. The molecule has 23 nitrogen and oxygen atoms in total. The molecule has 3 aliphatic heterocycles. The van der Waals surface area contributed by atoms with Crippen molar-refractivity contribution >= 4 is 17.8 Å². The van der Waals surface area contributed by atoms with Gasteiger partial charge in [0, 0.05) is 19.8 Å². The first-order valence-corrected chi connectivity index (χ1v) is 44.7. The fraction of sp³-hybridized carbons (Fsp3) is 0.920. The van der Waals surface area contributed by atoms with Crippen LogP contribution in [0.1, 0.15) is 374 Å². The molecule has 0 aromatic heterocycles. The molecule has 3 rings (SSSR count). The highest BCUT2D eigenvalue weighted by atomic mass is 16.8. The molecule has 0 saturated carbocycles. The molecular formula is C87H162N2O21. The van der Waals surface area contributed by atoms with Gasteiger partial charge >= 0.3 is 5.97 Å². The highest BCUT2D eigenvalue weighted by Crippen LogP contribution is 2.39. The number of carbonyl (C=O) groups is 3.